The molecule has 1 aromatic heterocycles. The Morgan fingerprint density at radius 3 is 2.94 bits per heavy atom. The second kappa shape index (κ2) is 6.99. The van der Waals surface area contributed by atoms with E-state index in [9.17, 15) is 5.11 Å². The van der Waals surface area contributed by atoms with Crippen LogP contribution in [-0.4, -0.2) is 33.3 Å². The van der Waals surface area contributed by atoms with E-state index in [-0.39, 0.29) is 12.5 Å². The molecule has 0 spiro atoms. The second-order valence-corrected chi connectivity index (χ2v) is 3.97. The lowest BCUT2D eigenvalue weighted by atomic mass is 10.2. The quantitative estimate of drug-likeness (QED) is 0.754. The highest BCUT2D eigenvalue weighted by Crippen LogP contribution is 2.09. The van der Waals surface area contributed by atoms with E-state index in [4.69, 9.17) is 10.00 Å². The van der Waals surface area contributed by atoms with Crippen molar-refractivity contribution in [3.63, 3.8) is 0 Å². The highest BCUT2D eigenvalue weighted by Gasteiger charge is 2.12. The Kier molecular flexibility index (Phi) is 5.60. The first-order valence-electron chi connectivity index (χ1n) is 5.64. The van der Waals surface area contributed by atoms with Crippen LogP contribution in [0.5, 0.6) is 0 Å². The number of aryl methyl sites for hydroxylation is 1. The molecule has 6 nitrogen and oxygen atoms in total. The number of hydrogen-bond acceptors (Lipinski definition) is 5. The predicted molar refractivity (Wildman–Crippen MR) is 61.0 cm³/mol. The van der Waals surface area contributed by atoms with Gasteiger partial charge >= 0.3 is 0 Å². The van der Waals surface area contributed by atoms with Gasteiger partial charge in [0.05, 0.1) is 30.9 Å². The Morgan fingerprint density at radius 1 is 1.59 bits per heavy atom. The molecule has 0 saturated carbocycles. The fourth-order valence-corrected chi connectivity index (χ4v) is 1.59. The summed E-state index contributed by atoms with van der Waals surface area (Å²) in [5.74, 6) is 0. The molecule has 0 amide bonds. The number of aliphatic hydroxyl groups excluding tert-OH is 1. The lowest BCUT2D eigenvalue weighted by Crippen LogP contribution is -2.09. The van der Waals surface area contributed by atoms with Crippen LogP contribution in [0.15, 0.2) is 0 Å². The van der Waals surface area contributed by atoms with Crippen molar-refractivity contribution in [3.05, 3.63) is 11.4 Å². The van der Waals surface area contributed by atoms with E-state index >= 15 is 0 Å². The maximum absolute atomic E-state index is 9.18. The molecule has 6 heteroatoms. The molecule has 0 aliphatic heterocycles. The fraction of sp³-hybridized carbons (Fsp3) is 0.727. The number of rotatable bonds is 7. The SMILES string of the molecule is COCc1c(CC#N)nnn1CCCC(C)O. The molecular formula is C11H18N4O2. The fourth-order valence-electron chi connectivity index (χ4n) is 1.59. The summed E-state index contributed by atoms with van der Waals surface area (Å²) in [7, 11) is 1.60. The average molecular weight is 238 g/mol. The van der Waals surface area contributed by atoms with Gasteiger partial charge in [0.25, 0.3) is 0 Å². The van der Waals surface area contributed by atoms with Gasteiger partial charge in [-0.05, 0) is 19.8 Å². The smallest absolute Gasteiger partial charge is 0.102 e. The van der Waals surface area contributed by atoms with E-state index in [0.29, 0.717) is 18.8 Å². The van der Waals surface area contributed by atoms with Crippen LogP contribution < -0.4 is 0 Å². The van der Waals surface area contributed by atoms with Crippen LogP contribution >= 0.6 is 0 Å². The lowest BCUT2D eigenvalue weighted by molar-refractivity contribution is 0.170. The Morgan fingerprint density at radius 2 is 2.35 bits per heavy atom. The van der Waals surface area contributed by atoms with E-state index in [2.05, 4.69) is 16.4 Å². The number of methoxy groups -OCH3 is 1. The molecule has 0 fully saturated rings. The zero-order chi connectivity index (χ0) is 12.7. The van der Waals surface area contributed by atoms with Crippen molar-refractivity contribution < 1.29 is 9.84 Å². The van der Waals surface area contributed by atoms with Gasteiger partial charge < -0.3 is 9.84 Å². The van der Waals surface area contributed by atoms with Gasteiger partial charge in [0.2, 0.25) is 0 Å². The van der Waals surface area contributed by atoms with E-state index in [1.807, 2.05) is 0 Å². The molecule has 1 heterocycles. The molecule has 1 aromatic rings. The van der Waals surface area contributed by atoms with E-state index in [1.54, 1.807) is 18.7 Å². The first-order chi connectivity index (χ1) is 8.19. The molecule has 1 unspecified atom stereocenters. The zero-order valence-corrected chi connectivity index (χ0v) is 10.3. The van der Waals surface area contributed by atoms with Crippen molar-refractivity contribution in [2.24, 2.45) is 0 Å². The van der Waals surface area contributed by atoms with Crippen LogP contribution in [0.4, 0.5) is 0 Å². The number of nitriles is 1. The van der Waals surface area contributed by atoms with Gasteiger partial charge in [-0.25, -0.2) is 4.68 Å². The third-order valence-corrected chi connectivity index (χ3v) is 2.44. The molecule has 1 atom stereocenters. The van der Waals surface area contributed by atoms with E-state index < -0.39 is 0 Å². The van der Waals surface area contributed by atoms with Crippen LogP contribution in [0, 0.1) is 11.3 Å². The van der Waals surface area contributed by atoms with Crippen molar-refractivity contribution in [2.45, 2.75) is 45.4 Å². The topological polar surface area (TPSA) is 84.0 Å². The van der Waals surface area contributed by atoms with Crippen molar-refractivity contribution in [1.29, 1.82) is 5.26 Å². The zero-order valence-electron chi connectivity index (χ0n) is 10.3. The average Bonchev–Trinajstić information content (AvgIpc) is 2.63. The van der Waals surface area contributed by atoms with Gasteiger partial charge in [0.1, 0.15) is 5.69 Å². The standard InChI is InChI=1S/C11H18N4O2/c1-9(16)4-3-7-15-11(8-17-2)10(5-6-12)13-14-15/h9,16H,3-5,7-8H2,1-2H3. The molecule has 17 heavy (non-hydrogen) atoms. The Labute approximate surface area is 101 Å². The van der Waals surface area contributed by atoms with Gasteiger partial charge in [0.15, 0.2) is 0 Å². The molecule has 0 aliphatic rings. The number of aromatic nitrogens is 3. The number of ether oxygens (including phenoxy) is 1. The van der Waals surface area contributed by atoms with Crippen molar-refractivity contribution in [1.82, 2.24) is 15.0 Å². The van der Waals surface area contributed by atoms with Crippen LogP contribution in [0.3, 0.4) is 0 Å². The highest BCUT2D eigenvalue weighted by molar-refractivity contribution is 5.13. The largest absolute Gasteiger partial charge is 0.393 e. The number of nitrogens with zero attached hydrogens (tertiary/aromatic N) is 4. The van der Waals surface area contributed by atoms with Gasteiger partial charge in [-0.15, -0.1) is 5.10 Å². The Bertz CT molecular complexity index is 381. The summed E-state index contributed by atoms with van der Waals surface area (Å²) in [6, 6.07) is 2.06. The minimum Gasteiger partial charge on any atom is -0.393 e. The van der Waals surface area contributed by atoms with Crippen LogP contribution in [0.2, 0.25) is 0 Å². The van der Waals surface area contributed by atoms with Crippen LogP contribution in [-0.2, 0) is 24.3 Å². The summed E-state index contributed by atoms with van der Waals surface area (Å²) in [4.78, 5) is 0. The normalized spacial score (nSPS) is 12.4. The molecule has 0 aromatic carbocycles. The third-order valence-electron chi connectivity index (χ3n) is 2.44. The highest BCUT2D eigenvalue weighted by atomic mass is 16.5. The first kappa shape index (κ1) is 13.6. The molecule has 0 bridgehead atoms. The summed E-state index contributed by atoms with van der Waals surface area (Å²) in [6.45, 7) is 2.85. The second-order valence-electron chi connectivity index (χ2n) is 3.97. The van der Waals surface area contributed by atoms with Crippen LogP contribution in [0.1, 0.15) is 31.2 Å². The lowest BCUT2D eigenvalue weighted by Gasteiger charge is -2.07. The molecule has 0 radical (unpaired) electrons. The minimum atomic E-state index is -0.303. The molecule has 1 N–H and O–H groups in total. The summed E-state index contributed by atoms with van der Waals surface area (Å²) in [6.07, 6.45) is 1.49. The van der Waals surface area contributed by atoms with Crippen LogP contribution in [0.25, 0.3) is 0 Å². The predicted octanol–water partition coefficient (Wildman–Crippen LogP) is 0.652. The summed E-state index contributed by atoms with van der Waals surface area (Å²) >= 11 is 0. The molecular weight excluding hydrogens is 220 g/mol. The molecule has 0 aliphatic carbocycles. The Balaban J connectivity index is 2.67. The monoisotopic (exact) mass is 238 g/mol. The summed E-state index contributed by atoms with van der Waals surface area (Å²) in [5.41, 5.74) is 1.52. The maximum atomic E-state index is 9.18. The van der Waals surface area contributed by atoms with Gasteiger partial charge in [0, 0.05) is 13.7 Å². The van der Waals surface area contributed by atoms with Crippen molar-refractivity contribution in [3.8, 4) is 6.07 Å². The van der Waals surface area contributed by atoms with E-state index in [0.717, 1.165) is 18.5 Å². The summed E-state index contributed by atoms with van der Waals surface area (Å²) < 4.78 is 6.83. The third kappa shape index (κ3) is 4.13. The first-order valence-corrected chi connectivity index (χ1v) is 5.64. The molecule has 0 saturated heterocycles. The van der Waals surface area contributed by atoms with Gasteiger partial charge in [-0.1, -0.05) is 5.21 Å². The van der Waals surface area contributed by atoms with Crippen molar-refractivity contribution in [2.75, 3.05) is 7.11 Å². The van der Waals surface area contributed by atoms with Crippen molar-refractivity contribution >= 4 is 0 Å². The summed E-state index contributed by atoms with van der Waals surface area (Å²) in [5, 5.41) is 25.8. The van der Waals surface area contributed by atoms with Gasteiger partial charge in [-0.3, -0.25) is 0 Å². The van der Waals surface area contributed by atoms with E-state index in [1.165, 1.54) is 0 Å². The minimum absolute atomic E-state index is 0.245. The number of hydrogen-bond donors (Lipinski definition) is 1. The maximum Gasteiger partial charge on any atom is 0.102 e. The molecule has 1 rings (SSSR count). The number of aliphatic hydroxyl groups is 1. The Hall–Kier alpha value is -1.45. The van der Waals surface area contributed by atoms with Gasteiger partial charge in [-0.2, -0.15) is 5.26 Å². The molecule has 94 valence electrons.